The molecule has 5 heteroatoms. The van der Waals surface area contributed by atoms with Crippen LogP contribution in [0.5, 0.6) is 0 Å². The molecular formula is C16H21ClN2O2. The molecule has 1 aliphatic rings. The van der Waals surface area contributed by atoms with Gasteiger partial charge >= 0.3 is 0 Å². The van der Waals surface area contributed by atoms with Gasteiger partial charge in [0.2, 0.25) is 11.8 Å². The summed E-state index contributed by atoms with van der Waals surface area (Å²) in [5.74, 6) is -0.580. The third kappa shape index (κ3) is 3.76. The van der Waals surface area contributed by atoms with E-state index in [2.05, 4.69) is 10.6 Å². The molecule has 4 nitrogen and oxygen atoms in total. The molecule has 114 valence electrons. The Morgan fingerprint density at radius 1 is 1.24 bits per heavy atom. The normalized spacial score (nSPS) is 20.0. The van der Waals surface area contributed by atoms with Gasteiger partial charge in [-0.25, -0.2) is 0 Å². The van der Waals surface area contributed by atoms with E-state index < -0.39 is 0 Å². The van der Waals surface area contributed by atoms with Gasteiger partial charge in [0.05, 0.1) is 22.5 Å². The average Bonchev–Trinajstić information content (AvgIpc) is 3.20. The van der Waals surface area contributed by atoms with E-state index in [1.165, 1.54) is 0 Å². The Balaban J connectivity index is 1.97. The summed E-state index contributed by atoms with van der Waals surface area (Å²) in [5.41, 5.74) is 2.63. The highest BCUT2D eigenvalue weighted by Crippen LogP contribution is 2.40. The van der Waals surface area contributed by atoms with E-state index in [0.29, 0.717) is 23.7 Å². The first kappa shape index (κ1) is 15.8. The van der Waals surface area contributed by atoms with Crippen LogP contribution < -0.4 is 10.6 Å². The van der Waals surface area contributed by atoms with Crippen molar-refractivity contribution in [3.8, 4) is 0 Å². The topological polar surface area (TPSA) is 58.2 Å². The molecule has 1 aliphatic carbocycles. The third-order valence-electron chi connectivity index (χ3n) is 3.69. The van der Waals surface area contributed by atoms with Crippen molar-refractivity contribution in [3.63, 3.8) is 0 Å². The van der Waals surface area contributed by atoms with E-state index in [1.807, 2.05) is 32.9 Å². The van der Waals surface area contributed by atoms with Crippen molar-refractivity contribution >= 4 is 29.1 Å². The maximum Gasteiger partial charge on any atom is 0.228 e. The predicted molar refractivity (Wildman–Crippen MR) is 84.5 cm³/mol. The highest BCUT2D eigenvalue weighted by molar-refractivity contribution is 6.34. The van der Waals surface area contributed by atoms with Crippen molar-refractivity contribution in [3.05, 3.63) is 28.3 Å². The van der Waals surface area contributed by atoms with Crippen LogP contribution in [0.2, 0.25) is 5.02 Å². The van der Waals surface area contributed by atoms with E-state index in [4.69, 9.17) is 11.6 Å². The third-order valence-corrected chi connectivity index (χ3v) is 3.99. The minimum Gasteiger partial charge on any atom is -0.356 e. The maximum absolute atomic E-state index is 12.2. The van der Waals surface area contributed by atoms with Crippen molar-refractivity contribution in [1.29, 1.82) is 0 Å². The molecule has 0 radical (unpaired) electrons. The van der Waals surface area contributed by atoms with Gasteiger partial charge in [0, 0.05) is 6.54 Å². The fraction of sp³-hybridized carbons (Fsp3) is 0.500. The lowest BCUT2D eigenvalue weighted by molar-refractivity contribution is -0.125. The Morgan fingerprint density at radius 2 is 1.90 bits per heavy atom. The Labute approximate surface area is 130 Å². The molecule has 2 rings (SSSR count). The zero-order valence-corrected chi connectivity index (χ0v) is 13.4. The van der Waals surface area contributed by atoms with Gasteiger partial charge in [0.25, 0.3) is 0 Å². The van der Waals surface area contributed by atoms with Crippen molar-refractivity contribution in [1.82, 2.24) is 5.32 Å². The molecule has 2 amide bonds. The minimum absolute atomic E-state index is 0.0243. The highest BCUT2D eigenvalue weighted by atomic mass is 35.5. The smallest absolute Gasteiger partial charge is 0.228 e. The SMILES string of the molecule is CCCNC(=O)C1CC1C(=O)Nc1c(C)cc(C)cc1Cl. The van der Waals surface area contributed by atoms with Gasteiger partial charge in [-0.15, -0.1) is 0 Å². The number of hydrogen-bond donors (Lipinski definition) is 2. The van der Waals surface area contributed by atoms with E-state index in [1.54, 1.807) is 0 Å². The largest absolute Gasteiger partial charge is 0.356 e. The van der Waals surface area contributed by atoms with Gasteiger partial charge in [-0.3, -0.25) is 9.59 Å². The van der Waals surface area contributed by atoms with Gasteiger partial charge in [0.1, 0.15) is 0 Å². The molecule has 1 aromatic rings. The summed E-state index contributed by atoms with van der Waals surface area (Å²) < 4.78 is 0. The van der Waals surface area contributed by atoms with Crippen molar-refractivity contribution < 1.29 is 9.59 Å². The molecule has 2 N–H and O–H groups in total. The molecular weight excluding hydrogens is 288 g/mol. The van der Waals surface area contributed by atoms with E-state index >= 15 is 0 Å². The second-order valence-corrected chi connectivity index (χ2v) is 6.07. The second kappa shape index (κ2) is 6.48. The number of hydrogen-bond acceptors (Lipinski definition) is 2. The van der Waals surface area contributed by atoms with Gasteiger partial charge in [-0.2, -0.15) is 0 Å². The van der Waals surface area contributed by atoms with Crippen LogP contribution in [0, 0.1) is 25.7 Å². The zero-order chi connectivity index (χ0) is 15.6. The van der Waals surface area contributed by atoms with Crippen LogP contribution in [-0.2, 0) is 9.59 Å². The lowest BCUT2D eigenvalue weighted by Crippen LogP contribution is -2.28. The molecule has 0 heterocycles. The van der Waals surface area contributed by atoms with Crippen molar-refractivity contribution in [2.75, 3.05) is 11.9 Å². The summed E-state index contributed by atoms with van der Waals surface area (Å²) in [5, 5.41) is 6.22. The van der Waals surface area contributed by atoms with Crippen LogP contribution in [0.4, 0.5) is 5.69 Å². The first-order valence-corrected chi connectivity index (χ1v) is 7.67. The first-order chi connectivity index (χ1) is 9.93. The number of nitrogens with one attached hydrogen (secondary N) is 2. The Bertz CT molecular complexity index is 548. The van der Waals surface area contributed by atoms with Crippen molar-refractivity contribution in [2.45, 2.75) is 33.6 Å². The molecule has 0 bridgehead atoms. The Kier molecular flexibility index (Phi) is 4.88. The standard InChI is InChI=1S/C16H21ClN2O2/c1-4-5-18-15(20)11-8-12(11)16(21)19-14-10(3)6-9(2)7-13(14)17/h6-7,11-12H,4-5,8H2,1-3H3,(H,18,20)(H,19,21). The van der Waals surface area contributed by atoms with Gasteiger partial charge in [0.15, 0.2) is 0 Å². The summed E-state index contributed by atoms with van der Waals surface area (Å²) >= 11 is 6.18. The number of aryl methyl sites for hydroxylation is 2. The highest BCUT2D eigenvalue weighted by Gasteiger charge is 2.48. The predicted octanol–water partition coefficient (Wildman–Crippen LogP) is 3.06. The maximum atomic E-state index is 12.2. The van der Waals surface area contributed by atoms with E-state index in [0.717, 1.165) is 17.5 Å². The summed E-state index contributed by atoms with van der Waals surface area (Å²) in [6.45, 7) is 6.53. The van der Waals surface area contributed by atoms with Crippen LogP contribution in [0.25, 0.3) is 0 Å². The lowest BCUT2D eigenvalue weighted by Gasteiger charge is -2.11. The molecule has 1 saturated carbocycles. The fourth-order valence-electron chi connectivity index (χ4n) is 2.44. The van der Waals surface area contributed by atoms with Gasteiger partial charge in [-0.05, 0) is 43.9 Å². The number of benzene rings is 1. The van der Waals surface area contributed by atoms with Crippen LogP contribution in [0.3, 0.4) is 0 Å². The molecule has 0 spiro atoms. The number of halogens is 1. The molecule has 2 unspecified atom stereocenters. The summed E-state index contributed by atoms with van der Waals surface area (Å²) in [6, 6.07) is 3.79. The number of carbonyl (C=O) groups is 2. The quantitative estimate of drug-likeness (QED) is 0.878. The van der Waals surface area contributed by atoms with Crippen LogP contribution >= 0.6 is 11.6 Å². The van der Waals surface area contributed by atoms with E-state index in [-0.39, 0.29) is 23.7 Å². The summed E-state index contributed by atoms with van der Waals surface area (Å²) in [4.78, 5) is 24.0. The lowest BCUT2D eigenvalue weighted by atomic mass is 10.1. The van der Waals surface area contributed by atoms with Crippen LogP contribution in [0.1, 0.15) is 30.9 Å². The molecule has 0 aromatic heterocycles. The summed E-state index contributed by atoms with van der Waals surface area (Å²) in [6.07, 6.45) is 1.51. The summed E-state index contributed by atoms with van der Waals surface area (Å²) in [7, 11) is 0. The first-order valence-electron chi connectivity index (χ1n) is 7.29. The molecule has 0 aliphatic heterocycles. The number of rotatable bonds is 5. The van der Waals surface area contributed by atoms with Crippen LogP contribution in [-0.4, -0.2) is 18.4 Å². The Morgan fingerprint density at radius 3 is 2.52 bits per heavy atom. The average molecular weight is 309 g/mol. The molecule has 21 heavy (non-hydrogen) atoms. The Hall–Kier alpha value is -1.55. The molecule has 0 saturated heterocycles. The molecule has 1 aromatic carbocycles. The number of anilines is 1. The van der Waals surface area contributed by atoms with Crippen molar-refractivity contribution in [2.24, 2.45) is 11.8 Å². The fourth-order valence-corrected chi connectivity index (χ4v) is 2.81. The zero-order valence-electron chi connectivity index (χ0n) is 12.6. The van der Waals surface area contributed by atoms with Crippen LogP contribution in [0.15, 0.2) is 12.1 Å². The second-order valence-electron chi connectivity index (χ2n) is 5.67. The minimum atomic E-state index is -0.237. The van der Waals surface area contributed by atoms with Gasteiger partial charge in [-0.1, -0.05) is 24.6 Å². The van der Waals surface area contributed by atoms with E-state index in [9.17, 15) is 9.59 Å². The number of amides is 2. The molecule has 2 atom stereocenters. The molecule has 1 fully saturated rings. The monoisotopic (exact) mass is 308 g/mol. The van der Waals surface area contributed by atoms with Gasteiger partial charge < -0.3 is 10.6 Å². The number of carbonyl (C=O) groups excluding carboxylic acids is 2.